The van der Waals surface area contributed by atoms with Crippen molar-refractivity contribution in [3.8, 4) is 11.1 Å². The van der Waals surface area contributed by atoms with Gasteiger partial charge in [-0.05, 0) is 97.1 Å². The smallest absolute Gasteiger partial charge is 0.260 e. The minimum Gasteiger partial charge on any atom is -0.369 e. The van der Waals surface area contributed by atoms with E-state index in [1.54, 1.807) is 29.7 Å². The van der Waals surface area contributed by atoms with Crippen LogP contribution in [0.15, 0.2) is 59.4 Å². The molecule has 0 unspecified atom stereocenters. The Morgan fingerprint density at radius 1 is 0.919 bits per heavy atom. The second-order valence-electron chi connectivity index (χ2n) is 9.89. The van der Waals surface area contributed by atoms with Crippen LogP contribution in [0.5, 0.6) is 0 Å². The lowest BCUT2D eigenvalue weighted by Crippen LogP contribution is -2.44. The molecule has 2 N–H and O–H groups in total. The topological polar surface area (TPSA) is 64.7 Å². The molecular weight excluding hydrogens is 487 g/mol. The number of fused-ring (bicyclic) bond motifs is 1. The van der Waals surface area contributed by atoms with Gasteiger partial charge in [-0.3, -0.25) is 14.9 Å². The number of amides is 2. The molecule has 2 saturated heterocycles. The van der Waals surface area contributed by atoms with Gasteiger partial charge in [0.15, 0.2) is 0 Å². The van der Waals surface area contributed by atoms with Crippen LogP contribution in [-0.2, 0) is 4.79 Å². The van der Waals surface area contributed by atoms with Crippen molar-refractivity contribution in [2.75, 3.05) is 36.4 Å². The highest BCUT2D eigenvalue weighted by Crippen LogP contribution is 2.32. The van der Waals surface area contributed by atoms with E-state index in [0.29, 0.717) is 34.1 Å². The zero-order chi connectivity index (χ0) is 25.4. The molecule has 4 heterocycles. The second-order valence-corrected chi connectivity index (χ2v) is 10.7. The molecule has 1 aromatic heterocycles. The van der Waals surface area contributed by atoms with Crippen LogP contribution in [0.1, 0.15) is 41.6 Å². The highest BCUT2D eigenvalue weighted by Gasteiger charge is 2.29. The first kappa shape index (κ1) is 23.9. The molecule has 0 saturated carbocycles. The van der Waals surface area contributed by atoms with Crippen LogP contribution < -0.4 is 15.5 Å². The van der Waals surface area contributed by atoms with E-state index < -0.39 is 11.8 Å². The van der Waals surface area contributed by atoms with Gasteiger partial charge in [0, 0.05) is 42.1 Å². The first-order valence-electron chi connectivity index (χ1n) is 12.8. The first-order valence-corrected chi connectivity index (χ1v) is 13.8. The van der Waals surface area contributed by atoms with E-state index in [2.05, 4.69) is 20.4 Å². The summed E-state index contributed by atoms with van der Waals surface area (Å²) in [6.07, 6.45) is 6.25. The van der Waals surface area contributed by atoms with Crippen LogP contribution in [0, 0.1) is 5.82 Å². The maximum atomic E-state index is 15.1. The van der Waals surface area contributed by atoms with E-state index in [1.165, 1.54) is 32.0 Å². The molecule has 0 atom stereocenters. The summed E-state index contributed by atoms with van der Waals surface area (Å²) in [7, 11) is 0. The fourth-order valence-corrected chi connectivity index (χ4v) is 6.33. The average molecular weight is 517 g/mol. The summed E-state index contributed by atoms with van der Waals surface area (Å²) >= 11 is 1.59. The molecule has 6 nitrogen and oxygen atoms in total. The van der Waals surface area contributed by atoms with Gasteiger partial charge in [0.05, 0.1) is 11.3 Å². The Bertz CT molecular complexity index is 1360. The van der Waals surface area contributed by atoms with Crippen molar-refractivity contribution in [2.24, 2.45) is 0 Å². The Balaban J connectivity index is 1.19. The van der Waals surface area contributed by atoms with Crippen molar-refractivity contribution in [3.63, 3.8) is 0 Å². The fraction of sp³-hybridized carbons (Fsp3) is 0.310. The molecule has 190 valence electrons. The van der Waals surface area contributed by atoms with Crippen molar-refractivity contribution in [2.45, 2.75) is 31.7 Å². The lowest BCUT2D eigenvalue weighted by Gasteiger charge is -2.38. The summed E-state index contributed by atoms with van der Waals surface area (Å²) in [6, 6.07) is 13.2. The Labute approximate surface area is 219 Å². The van der Waals surface area contributed by atoms with Gasteiger partial charge in [-0.15, -0.1) is 0 Å². The molecule has 2 aromatic carbocycles. The van der Waals surface area contributed by atoms with Gasteiger partial charge in [-0.2, -0.15) is 11.3 Å². The first-order chi connectivity index (χ1) is 18.1. The number of hydrogen-bond donors (Lipinski definition) is 2. The van der Waals surface area contributed by atoms with Gasteiger partial charge >= 0.3 is 0 Å². The SMILES string of the molecule is O=C1NC(=O)c2ccc(-c3ccsc3)cc2/C1=C/Nc1ccc(N2CCC(N3CCCC3)CC2)c(F)c1. The molecule has 37 heavy (non-hydrogen) atoms. The largest absolute Gasteiger partial charge is 0.369 e. The molecule has 0 aliphatic carbocycles. The quantitative estimate of drug-likeness (QED) is 0.354. The van der Waals surface area contributed by atoms with Crippen molar-refractivity contribution in [1.29, 1.82) is 0 Å². The number of carbonyl (C=O) groups is 2. The molecular formula is C29H29FN4O2S. The molecule has 0 radical (unpaired) electrons. The zero-order valence-corrected chi connectivity index (χ0v) is 21.3. The third-order valence-electron chi connectivity index (χ3n) is 7.67. The minimum atomic E-state index is -0.481. The molecule has 2 fully saturated rings. The normalized spacial score (nSPS) is 19.8. The molecule has 3 aliphatic heterocycles. The van der Waals surface area contributed by atoms with Crippen molar-refractivity contribution in [3.05, 3.63) is 76.4 Å². The van der Waals surface area contributed by atoms with Gasteiger partial charge in [0.25, 0.3) is 11.8 Å². The minimum absolute atomic E-state index is 0.286. The maximum absolute atomic E-state index is 15.1. The Morgan fingerprint density at radius 3 is 2.46 bits per heavy atom. The van der Waals surface area contributed by atoms with Crippen LogP contribution in [0.25, 0.3) is 16.7 Å². The molecule has 0 spiro atoms. The number of thiophene rings is 1. The Morgan fingerprint density at radius 2 is 1.73 bits per heavy atom. The lowest BCUT2D eigenvalue weighted by molar-refractivity contribution is -0.114. The van der Waals surface area contributed by atoms with E-state index in [0.717, 1.165) is 37.1 Å². The van der Waals surface area contributed by atoms with Crippen molar-refractivity contribution >= 4 is 40.1 Å². The Kier molecular flexibility index (Phi) is 6.52. The summed E-state index contributed by atoms with van der Waals surface area (Å²) in [4.78, 5) is 29.8. The summed E-state index contributed by atoms with van der Waals surface area (Å²) < 4.78 is 15.1. The zero-order valence-electron chi connectivity index (χ0n) is 20.5. The van der Waals surface area contributed by atoms with E-state index in [-0.39, 0.29) is 5.82 Å². The van der Waals surface area contributed by atoms with E-state index in [9.17, 15) is 9.59 Å². The van der Waals surface area contributed by atoms with E-state index >= 15 is 4.39 Å². The summed E-state index contributed by atoms with van der Waals surface area (Å²) in [5.41, 5.74) is 4.44. The standard InChI is InChI=1S/C29H29FN4O2S/c30-26-16-21(4-6-27(26)34-12-7-22(8-13-34)33-10-1-2-11-33)31-17-25-24-15-19(20-9-14-37-18-20)3-5-23(24)28(35)32-29(25)36/h3-6,9,14-18,22,31H,1-2,7-8,10-13H2,(H,32,35,36)/b25-17-. The number of hydrogen-bond acceptors (Lipinski definition) is 6. The summed E-state index contributed by atoms with van der Waals surface area (Å²) in [5.74, 6) is -1.19. The number of halogens is 1. The maximum Gasteiger partial charge on any atom is 0.260 e. The molecule has 8 heteroatoms. The van der Waals surface area contributed by atoms with Crippen LogP contribution in [0.2, 0.25) is 0 Å². The number of nitrogens with zero attached hydrogens (tertiary/aromatic N) is 2. The number of piperidine rings is 1. The van der Waals surface area contributed by atoms with Gasteiger partial charge in [-0.25, -0.2) is 4.39 Å². The number of rotatable bonds is 5. The number of nitrogens with one attached hydrogen (secondary N) is 2. The number of benzene rings is 2. The number of carbonyl (C=O) groups excluding carboxylic acids is 2. The van der Waals surface area contributed by atoms with Crippen LogP contribution in [0.3, 0.4) is 0 Å². The van der Waals surface area contributed by atoms with Crippen molar-refractivity contribution in [1.82, 2.24) is 10.2 Å². The number of anilines is 2. The van der Waals surface area contributed by atoms with Gasteiger partial charge in [0.2, 0.25) is 0 Å². The molecule has 3 aliphatic rings. The fourth-order valence-electron chi connectivity index (χ4n) is 5.66. The Hall–Kier alpha value is -3.49. The van der Waals surface area contributed by atoms with Gasteiger partial charge in [-0.1, -0.05) is 6.07 Å². The third kappa shape index (κ3) is 4.79. The van der Waals surface area contributed by atoms with Gasteiger partial charge < -0.3 is 15.1 Å². The highest BCUT2D eigenvalue weighted by molar-refractivity contribution is 7.08. The van der Waals surface area contributed by atoms with Crippen molar-refractivity contribution < 1.29 is 14.0 Å². The summed E-state index contributed by atoms with van der Waals surface area (Å²) in [5, 5.41) is 9.47. The van der Waals surface area contributed by atoms with Gasteiger partial charge in [0.1, 0.15) is 5.82 Å². The average Bonchev–Trinajstić information content (AvgIpc) is 3.64. The second kappa shape index (κ2) is 10.1. The number of likely N-dealkylation sites (tertiary alicyclic amines) is 1. The van der Waals surface area contributed by atoms with Crippen LogP contribution in [-0.4, -0.2) is 48.9 Å². The monoisotopic (exact) mass is 516 g/mol. The van der Waals surface area contributed by atoms with E-state index in [4.69, 9.17) is 0 Å². The molecule has 0 bridgehead atoms. The predicted octanol–water partition coefficient (Wildman–Crippen LogP) is 5.34. The predicted molar refractivity (Wildman–Crippen MR) is 146 cm³/mol. The highest BCUT2D eigenvalue weighted by atomic mass is 32.1. The molecule has 3 aromatic rings. The summed E-state index contributed by atoms with van der Waals surface area (Å²) in [6.45, 7) is 4.10. The number of imide groups is 1. The lowest BCUT2D eigenvalue weighted by atomic mass is 9.92. The molecule has 6 rings (SSSR count). The molecule has 2 amide bonds. The third-order valence-corrected chi connectivity index (χ3v) is 8.36. The van der Waals surface area contributed by atoms with E-state index in [1.807, 2.05) is 35.0 Å². The van der Waals surface area contributed by atoms with Crippen LogP contribution in [0.4, 0.5) is 15.8 Å². The van der Waals surface area contributed by atoms with Crippen LogP contribution >= 0.6 is 11.3 Å².